The van der Waals surface area contributed by atoms with E-state index in [1.165, 1.54) is 49.6 Å². The summed E-state index contributed by atoms with van der Waals surface area (Å²) in [5.74, 6) is -5.38. The predicted molar refractivity (Wildman–Crippen MR) is 259 cm³/mol. The van der Waals surface area contributed by atoms with E-state index in [0.29, 0.717) is 36.1 Å². The van der Waals surface area contributed by atoms with Gasteiger partial charge in [-0.2, -0.15) is 0 Å². The van der Waals surface area contributed by atoms with Crippen LogP contribution in [0.2, 0.25) is 0 Å². The van der Waals surface area contributed by atoms with E-state index in [4.69, 9.17) is 5.73 Å². The van der Waals surface area contributed by atoms with Gasteiger partial charge in [-0.15, -0.1) is 0 Å². The summed E-state index contributed by atoms with van der Waals surface area (Å²) in [5.41, 5.74) is 9.17. The first-order valence-corrected chi connectivity index (χ1v) is 25.5. The predicted octanol–water partition coefficient (Wildman–Crippen LogP) is 5.63. The number of Topliss-reactive ketones (excluding diaryl/α,β-unsaturated/α-hetero) is 2. The number of carbonyl (C=O) groups is 8. The van der Waals surface area contributed by atoms with E-state index in [1.807, 2.05) is 0 Å². The Labute approximate surface area is 400 Å². The number of carbonyl (C=O) groups excluding carboxylic acids is 8. The minimum atomic E-state index is -3.93. The molecule has 6 rings (SSSR count). The zero-order valence-electron chi connectivity index (χ0n) is 40.4. The van der Waals surface area contributed by atoms with E-state index in [9.17, 15) is 46.8 Å². The number of anilines is 1. The number of nitrogens with one attached hydrogen (secondary N) is 3. The molecule has 16 heteroatoms. The quantitative estimate of drug-likeness (QED) is 0.0841. The van der Waals surface area contributed by atoms with Gasteiger partial charge in [-0.25, -0.2) is 8.42 Å². The number of nitrogens with two attached hydrogens (primary N) is 1. The number of amides is 4. The van der Waals surface area contributed by atoms with Crippen LogP contribution >= 0.6 is 0 Å². The highest BCUT2D eigenvalue weighted by atomic mass is 32.2. The lowest BCUT2D eigenvalue weighted by Crippen LogP contribution is -2.49. The van der Waals surface area contributed by atoms with Gasteiger partial charge in [0.1, 0.15) is 6.04 Å². The van der Waals surface area contributed by atoms with Crippen LogP contribution in [-0.4, -0.2) is 97.0 Å². The molecule has 1 heterocycles. The number of likely N-dealkylation sites (tertiary alicyclic amines) is 1. The summed E-state index contributed by atoms with van der Waals surface area (Å²) in [5, 5.41) is 7.84. The molecule has 0 spiro atoms. The molecule has 68 heavy (non-hydrogen) atoms. The maximum atomic E-state index is 13.7. The Hall–Kier alpha value is -6.03. The molecule has 15 nitrogen and oxygen atoms in total. The van der Waals surface area contributed by atoms with E-state index in [2.05, 4.69) is 16.0 Å². The molecule has 0 bridgehead atoms. The number of ketones is 4. The van der Waals surface area contributed by atoms with Crippen molar-refractivity contribution in [2.45, 2.75) is 136 Å². The number of benzene rings is 3. The average Bonchev–Trinajstić information content (AvgIpc) is 3.77. The third-order valence-corrected chi connectivity index (χ3v) is 14.9. The number of rotatable bonds is 19. The molecular formula is C52H67N5O10S. The van der Waals surface area contributed by atoms with Crippen molar-refractivity contribution < 1.29 is 46.8 Å². The Morgan fingerprint density at radius 2 is 1.41 bits per heavy atom. The van der Waals surface area contributed by atoms with Gasteiger partial charge in [0.25, 0.3) is 0 Å². The molecule has 2 fully saturated rings. The second-order valence-electron chi connectivity index (χ2n) is 18.7. The Kier molecular flexibility index (Phi) is 18.2. The lowest BCUT2D eigenvalue weighted by atomic mass is 9.79. The van der Waals surface area contributed by atoms with E-state index >= 15 is 0 Å². The van der Waals surface area contributed by atoms with Crippen molar-refractivity contribution in [3.05, 3.63) is 93.5 Å². The smallest absolute Gasteiger partial charge is 0.242 e. The fourth-order valence-electron chi connectivity index (χ4n) is 8.59. The molecule has 5 unspecified atom stereocenters. The SMILES string of the molecule is C1CCC1.CCC(=O)NC(C)C(=O)CC(C)C(=O)N1CCCC1C(=O)CC(C(=O)NC(C)C(=O)NCCS(=O)(=O)c1cccc(Cc2cc(C)c(N)c3c2C(=O)c2ccccc2C3=O)c1)C(C)C. The van der Waals surface area contributed by atoms with E-state index in [1.54, 1.807) is 84.0 Å². The Morgan fingerprint density at radius 3 is 2.01 bits per heavy atom. The number of hydrogen-bond donors (Lipinski definition) is 4. The van der Waals surface area contributed by atoms with Crippen molar-refractivity contribution in [3.63, 3.8) is 0 Å². The van der Waals surface area contributed by atoms with Gasteiger partial charge >= 0.3 is 0 Å². The van der Waals surface area contributed by atoms with Crippen molar-refractivity contribution in [2.75, 3.05) is 24.6 Å². The molecule has 3 aromatic rings. The summed E-state index contributed by atoms with van der Waals surface area (Å²) in [6.07, 6.45) is 7.07. The molecule has 1 aliphatic heterocycles. The number of hydrogen-bond acceptors (Lipinski definition) is 11. The Morgan fingerprint density at radius 1 is 0.779 bits per heavy atom. The molecule has 0 aromatic heterocycles. The van der Waals surface area contributed by atoms with Crippen molar-refractivity contribution in [1.82, 2.24) is 20.9 Å². The van der Waals surface area contributed by atoms with Crippen LogP contribution in [0.1, 0.15) is 148 Å². The highest BCUT2D eigenvalue weighted by molar-refractivity contribution is 7.91. The minimum Gasteiger partial charge on any atom is -0.398 e. The van der Waals surface area contributed by atoms with Gasteiger partial charge in [-0.1, -0.05) is 95.8 Å². The lowest BCUT2D eigenvalue weighted by molar-refractivity contribution is -0.143. The molecule has 0 radical (unpaired) electrons. The Bertz CT molecular complexity index is 2550. The number of sulfone groups is 1. The molecular weight excluding hydrogens is 887 g/mol. The molecule has 1 saturated carbocycles. The van der Waals surface area contributed by atoms with Crippen molar-refractivity contribution >= 4 is 62.3 Å². The summed E-state index contributed by atoms with van der Waals surface area (Å²) >= 11 is 0. The van der Waals surface area contributed by atoms with E-state index in [-0.39, 0.29) is 106 Å². The summed E-state index contributed by atoms with van der Waals surface area (Å²) in [4.78, 5) is 107. The van der Waals surface area contributed by atoms with Gasteiger partial charge in [-0.3, -0.25) is 38.4 Å². The van der Waals surface area contributed by atoms with Crippen LogP contribution in [0, 0.1) is 24.7 Å². The second kappa shape index (κ2) is 23.3. The summed E-state index contributed by atoms with van der Waals surface area (Å²) in [6, 6.07) is 11.9. The number of fused-ring (bicyclic) bond motifs is 2. The summed E-state index contributed by atoms with van der Waals surface area (Å²) in [7, 11) is -3.93. The first kappa shape index (κ1) is 52.9. The molecule has 3 aromatic carbocycles. The average molecular weight is 954 g/mol. The van der Waals surface area contributed by atoms with Gasteiger partial charge in [-0.05, 0) is 74.8 Å². The van der Waals surface area contributed by atoms with Crippen molar-refractivity contribution in [3.8, 4) is 0 Å². The van der Waals surface area contributed by atoms with Crippen LogP contribution < -0.4 is 21.7 Å². The summed E-state index contributed by atoms with van der Waals surface area (Å²) in [6.45, 7) is 11.7. The van der Waals surface area contributed by atoms with Crippen LogP contribution in [0.15, 0.2) is 59.5 Å². The molecule has 5 atom stereocenters. The maximum absolute atomic E-state index is 13.7. The molecule has 3 aliphatic rings. The van der Waals surface area contributed by atoms with Gasteiger partial charge in [0.05, 0.1) is 28.3 Å². The van der Waals surface area contributed by atoms with Crippen LogP contribution in [0.3, 0.4) is 0 Å². The Balaban J connectivity index is 0.00000205. The standard InChI is InChI=1S/C48H59N5O10S.C4H8/c1-8-40(56)51-29(6)38(54)22-28(5)48(61)53-19-12-17-37(53)39(55)25-36(26(2)3)47(60)52-30(7)46(59)50-18-20-64(62,63)33-14-11-13-31(24-33)23-32-21-27(4)43(49)42-41(32)44(57)34-15-9-10-16-35(34)45(42)58;1-2-4-3-1/h9-11,13-16,21,24,26,28-30,36-37H,8,12,17-20,22-23,25,49H2,1-7H3,(H,50,59)(H,51,56)(H,52,60);1-4H2. The molecule has 1 saturated heterocycles. The zero-order valence-corrected chi connectivity index (χ0v) is 41.2. The van der Waals surface area contributed by atoms with E-state index < -0.39 is 57.4 Å². The van der Waals surface area contributed by atoms with Crippen molar-refractivity contribution in [2.24, 2.45) is 17.8 Å². The van der Waals surface area contributed by atoms with Crippen LogP contribution in [0.25, 0.3) is 0 Å². The normalized spacial score (nSPS) is 17.0. The molecule has 2 aliphatic carbocycles. The molecule has 4 amide bonds. The van der Waals surface area contributed by atoms with E-state index in [0.717, 1.165) is 0 Å². The fourth-order valence-corrected chi connectivity index (χ4v) is 9.82. The number of nitrogens with zero attached hydrogens (tertiary/aromatic N) is 1. The second-order valence-corrected chi connectivity index (χ2v) is 20.8. The third kappa shape index (κ3) is 12.7. The van der Waals surface area contributed by atoms with Gasteiger partial charge in [0.15, 0.2) is 33.0 Å². The number of nitrogen functional groups attached to an aromatic ring is 1. The monoisotopic (exact) mass is 953 g/mol. The highest BCUT2D eigenvalue weighted by Crippen LogP contribution is 2.36. The fraction of sp³-hybridized carbons (Fsp3) is 0.500. The molecule has 5 N–H and O–H groups in total. The topological polar surface area (TPSA) is 236 Å². The van der Waals surface area contributed by atoms with Gasteiger partial charge in [0.2, 0.25) is 23.6 Å². The van der Waals surface area contributed by atoms with Crippen LogP contribution in [-0.2, 0) is 45.0 Å². The zero-order chi connectivity index (χ0) is 50.0. The lowest BCUT2D eigenvalue weighted by Gasteiger charge is -2.29. The number of aryl methyl sites for hydroxylation is 1. The van der Waals surface area contributed by atoms with Crippen LogP contribution in [0.4, 0.5) is 5.69 Å². The van der Waals surface area contributed by atoms with Crippen molar-refractivity contribution in [1.29, 1.82) is 0 Å². The molecule has 366 valence electrons. The maximum Gasteiger partial charge on any atom is 0.242 e. The van der Waals surface area contributed by atoms with Gasteiger partial charge in [0, 0.05) is 66.6 Å². The van der Waals surface area contributed by atoms with Gasteiger partial charge < -0.3 is 26.6 Å². The summed E-state index contributed by atoms with van der Waals surface area (Å²) < 4.78 is 27.0. The highest BCUT2D eigenvalue weighted by Gasteiger charge is 2.39. The first-order valence-electron chi connectivity index (χ1n) is 23.8. The third-order valence-electron chi connectivity index (χ3n) is 13.2. The largest absolute Gasteiger partial charge is 0.398 e. The minimum absolute atomic E-state index is 0.00343. The first-order chi connectivity index (χ1) is 32.2. The van der Waals surface area contributed by atoms with Crippen LogP contribution in [0.5, 0.6) is 0 Å².